The maximum absolute atomic E-state index is 13.4. The van der Waals surface area contributed by atoms with Gasteiger partial charge in [0, 0.05) is 38.2 Å². The second-order valence-corrected chi connectivity index (χ2v) is 10.6. The van der Waals surface area contributed by atoms with Crippen LogP contribution in [0.1, 0.15) is 61.4 Å². The first-order chi connectivity index (χ1) is 17.8. The summed E-state index contributed by atoms with van der Waals surface area (Å²) in [7, 11) is 0. The molecule has 2 saturated heterocycles. The van der Waals surface area contributed by atoms with Crippen molar-refractivity contribution in [1.29, 1.82) is 0 Å². The van der Waals surface area contributed by atoms with Crippen LogP contribution in [0.5, 0.6) is 5.75 Å². The van der Waals surface area contributed by atoms with E-state index in [1.807, 2.05) is 43.3 Å². The van der Waals surface area contributed by atoms with Crippen LogP contribution in [0.3, 0.4) is 0 Å². The number of rotatable bonds is 7. The molecule has 0 saturated carbocycles. The quantitative estimate of drug-likeness (QED) is 0.345. The average molecular weight is 505 g/mol. The fraction of sp³-hybridized carbons (Fsp3) is 0.467. The molecule has 3 aliphatic rings. The highest BCUT2D eigenvalue weighted by Crippen LogP contribution is 2.41. The number of hydrogen-bond acceptors (Lipinski definition) is 6. The Morgan fingerprint density at radius 2 is 1.78 bits per heavy atom. The van der Waals surface area contributed by atoms with Crippen molar-refractivity contribution in [3.8, 4) is 5.75 Å². The summed E-state index contributed by atoms with van der Waals surface area (Å²) < 4.78 is 11.2. The van der Waals surface area contributed by atoms with Gasteiger partial charge in [-0.1, -0.05) is 38.1 Å². The fourth-order valence-electron chi connectivity index (χ4n) is 5.53. The van der Waals surface area contributed by atoms with Gasteiger partial charge in [-0.05, 0) is 54.2 Å². The summed E-state index contributed by atoms with van der Waals surface area (Å²) in [6.45, 7) is 10.7. The van der Waals surface area contributed by atoms with E-state index >= 15 is 0 Å². The van der Waals surface area contributed by atoms with Crippen LogP contribution >= 0.6 is 0 Å². The zero-order chi connectivity index (χ0) is 26.1. The number of benzene rings is 2. The molecule has 1 N–H and O–H groups in total. The highest BCUT2D eigenvalue weighted by Gasteiger charge is 2.46. The van der Waals surface area contributed by atoms with Gasteiger partial charge in [-0.3, -0.25) is 14.5 Å². The SMILES string of the molecule is CC(C)c1ccc([C@@H]2C(=C(O)c3ccc4c(c3)C[C@H](C)O4)C(=O)C(=O)N2CCCN2CCOCC2)cc1. The Morgan fingerprint density at radius 1 is 1.05 bits per heavy atom. The monoisotopic (exact) mass is 504 g/mol. The first kappa shape index (κ1) is 25.5. The van der Waals surface area contributed by atoms with Gasteiger partial charge in [0.1, 0.15) is 17.6 Å². The second-order valence-electron chi connectivity index (χ2n) is 10.6. The van der Waals surface area contributed by atoms with Gasteiger partial charge in [0.25, 0.3) is 11.7 Å². The summed E-state index contributed by atoms with van der Waals surface area (Å²) in [6, 6.07) is 12.9. The molecule has 2 aromatic rings. The van der Waals surface area contributed by atoms with E-state index < -0.39 is 17.7 Å². The Bertz CT molecular complexity index is 1200. The number of nitrogens with zero attached hydrogens (tertiary/aromatic N) is 2. The number of morpholine rings is 1. The van der Waals surface area contributed by atoms with E-state index in [1.54, 1.807) is 11.0 Å². The zero-order valence-electron chi connectivity index (χ0n) is 21.9. The van der Waals surface area contributed by atoms with Crippen LogP contribution in [0, 0.1) is 0 Å². The van der Waals surface area contributed by atoms with Crippen LogP contribution in [0.4, 0.5) is 0 Å². The molecular weight excluding hydrogens is 468 g/mol. The molecule has 3 heterocycles. The van der Waals surface area contributed by atoms with E-state index in [0.717, 1.165) is 62.6 Å². The Kier molecular flexibility index (Phi) is 7.36. The summed E-state index contributed by atoms with van der Waals surface area (Å²) in [5, 5.41) is 11.4. The lowest BCUT2D eigenvalue weighted by atomic mass is 9.92. The van der Waals surface area contributed by atoms with Crippen molar-refractivity contribution < 1.29 is 24.2 Å². The minimum Gasteiger partial charge on any atom is -0.507 e. The standard InChI is InChI=1S/C30H36N2O5/c1-19(2)21-5-7-22(8-6-21)27-26(28(33)23-9-10-25-24(18-23)17-20(3)37-25)29(34)30(35)32(27)12-4-11-31-13-15-36-16-14-31/h5-10,18-20,27,33H,4,11-17H2,1-3H3/t20-,27+/m0/s1. The Morgan fingerprint density at radius 3 is 2.49 bits per heavy atom. The maximum atomic E-state index is 13.4. The van der Waals surface area contributed by atoms with Crippen LogP contribution in [0.2, 0.25) is 0 Å². The van der Waals surface area contributed by atoms with Crippen molar-refractivity contribution in [1.82, 2.24) is 9.80 Å². The van der Waals surface area contributed by atoms with Gasteiger partial charge in [-0.25, -0.2) is 0 Å². The number of fused-ring (bicyclic) bond motifs is 1. The van der Waals surface area contributed by atoms with Gasteiger partial charge in [-0.2, -0.15) is 0 Å². The highest BCUT2D eigenvalue weighted by atomic mass is 16.5. The predicted octanol–water partition coefficient (Wildman–Crippen LogP) is 4.28. The largest absolute Gasteiger partial charge is 0.507 e. The third-order valence-corrected chi connectivity index (χ3v) is 7.61. The van der Waals surface area contributed by atoms with Crippen molar-refractivity contribution in [3.05, 3.63) is 70.3 Å². The number of likely N-dealkylation sites (tertiary alicyclic amines) is 1. The van der Waals surface area contributed by atoms with Crippen LogP contribution in [0.15, 0.2) is 48.0 Å². The summed E-state index contributed by atoms with van der Waals surface area (Å²) >= 11 is 0. The summed E-state index contributed by atoms with van der Waals surface area (Å²) in [5.74, 6) is -0.154. The third-order valence-electron chi connectivity index (χ3n) is 7.61. The van der Waals surface area contributed by atoms with Gasteiger partial charge in [0.05, 0.1) is 24.8 Å². The summed E-state index contributed by atoms with van der Waals surface area (Å²) in [5.41, 5.74) is 3.69. The van der Waals surface area contributed by atoms with Gasteiger partial charge in [0.2, 0.25) is 0 Å². The molecule has 1 amide bonds. The molecule has 0 radical (unpaired) electrons. The second kappa shape index (κ2) is 10.7. The Labute approximate surface area is 218 Å². The van der Waals surface area contributed by atoms with Crippen molar-refractivity contribution in [2.45, 2.75) is 51.7 Å². The molecule has 7 nitrogen and oxygen atoms in total. The smallest absolute Gasteiger partial charge is 0.295 e. The van der Waals surface area contributed by atoms with E-state index in [1.165, 1.54) is 5.56 Å². The molecule has 0 unspecified atom stereocenters. The van der Waals surface area contributed by atoms with Crippen molar-refractivity contribution in [2.24, 2.45) is 0 Å². The minimum absolute atomic E-state index is 0.0731. The van der Waals surface area contributed by atoms with E-state index in [-0.39, 0.29) is 17.4 Å². The molecule has 0 bridgehead atoms. The van der Waals surface area contributed by atoms with Gasteiger partial charge in [0.15, 0.2) is 0 Å². The molecule has 2 aromatic carbocycles. The number of carbonyl (C=O) groups excluding carboxylic acids is 2. The molecule has 2 atom stereocenters. The van der Waals surface area contributed by atoms with Gasteiger partial charge < -0.3 is 19.5 Å². The number of carbonyl (C=O) groups is 2. The fourth-order valence-corrected chi connectivity index (χ4v) is 5.53. The predicted molar refractivity (Wildman–Crippen MR) is 142 cm³/mol. The lowest BCUT2D eigenvalue weighted by Crippen LogP contribution is -2.38. The average Bonchev–Trinajstić information content (AvgIpc) is 3.40. The lowest BCUT2D eigenvalue weighted by molar-refractivity contribution is -0.140. The number of aliphatic hydroxyl groups excluding tert-OH is 1. The van der Waals surface area contributed by atoms with Crippen LogP contribution in [0.25, 0.3) is 5.76 Å². The van der Waals surface area contributed by atoms with E-state index in [2.05, 4.69) is 18.7 Å². The van der Waals surface area contributed by atoms with Crippen LogP contribution in [-0.4, -0.2) is 72.1 Å². The molecule has 7 heteroatoms. The van der Waals surface area contributed by atoms with Gasteiger partial charge in [-0.15, -0.1) is 0 Å². The highest BCUT2D eigenvalue weighted by molar-refractivity contribution is 6.46. The van der Waals surface area contributed by atoms with E-state index in [4.69, 9.17) is 9.47 Å². The Hall–Kier alpha value is -3.16. The molecular formula is C30H36N2O5. The topological polar surface area (TPSA) is 79.3 Å². The maximum Gasteiger partial charge on any atom is 0.295 e. The number of aliphatic hydroxyl groups is 1. The molecule has 37 heavy (non-hydrogen) atoms. The molecule has 0 aliphatic carbocycles. The third kappa shape index (κ3) is 5.15. The van der Waals surface area contributed by atoms with Crippen molar-refractivity contribution in [2.75, 3.05) is 39.4 Å². The summed E-state index contributed by atoms with van der Waals surface area (Å²) in [4.78, 5) is 30.6. The molecule has 196 valence electrons. The van der Waals surface area contributed by atoms with Crippen molar-refractivity contribution >= 4 is 17.4 Å². The normalized spacial score (nSPS) is 23.5. The molecule has 5 rings (SSSR count). The van der Waals surface area contributed by atoms with Crippen LogP contribution in [-0.2, 0) is 20.7 Å². The summed E-state index contributed by atoms with van der Waals surface area (Å²) in [6.07, 6.45) is 1.55. The number of amides is 1. The van der Waals surface area contributed by atoms with E-state index in [0.29, 0.717) is 18.0 Å². The molecule has 2 fully saturated rings. The zero-order valence-corrected chi connectivity index (χ0v) is 21.9. The van der Waals surface area contributed by atoms with E-state index in [9.17, 15) is 14.7 Å². The number of Topliss-reactive ketones (excluding diaryl/α,β-unsaturated/α-hetero) is 1. The lowest BCUT2D eigenvalue weighted by Gasteiger charge is -2.29. The number of hydrogen-bond donors (Lipinski definition) is 1. The first-order valence-corrected chi connectivity index (χ1v) is 13.3. The molecule has 3 aliphatic heterocycles. The first-order valence-electron chi connectivity index (χ1n) is 13.3. The van der Waals surface area contributed by atoms with Gasteiger partial charge >= 0.3 is 0 Å². The number of ketones is 1. The molecule has 0 aromatic heterocycles. The number of ether oxygens (including phenoxy) is 2. The Balaban J connectivity index is 1.49. The minimum atomic E-state index is -0.632. The van der Waals surface area contributed by atoms with Crippen molar-refractivity contribution in [3.63, 3.8) is 0 Å². The molecule has 0 spiro atoms. The van der Waals surface area contributed by atoms with Crippen LogP contribution < -0.4 is 4.74 Å².